The minimum Gasteiger partial charge on any atom is -0.223 e. The Morgan fingerprint density at radius 2 is 1.43 bits per heavy atom. The quantitative estimate of drug-likeness (QED) is 0.440. The van der Waals surface area contributed by atoms with E-state index >= 15 is 0 Å². The third-order valence-corrected chi connectivity index (χ3v) is 4.74. The molecule has 108 valence electrons. The molecule has 0 radical (unpaired) electrons. The van der Waals surface area contributed by atoms with Crippen molar-refractivity contribution in [1.29, 1.82) is 0 Å². The second-order valence-electron chi connectivity index (χ2n) is 5.14. The van der Waals surface area contributed by atoms with E-state index in [0.717, 1.165) is 15.9 Å². The number of hydrogen-bond acceptors (Lipinski definition) is 6. The molecule has 2 aromatic carbocycles. The van der Waals surface area contributed by atoms with Gasteiger partial charge in [-0.2, -0.15) is 0 Å². The van der Waals surface area contributed by atoms with Crippen molar-refractivity contribution in [2.45, 2.75) is 0 Å². The lowest BCUT2D eigenvalue weighted by Gasteiger charge is -2.00. The van der Waals surface area contributed by atoms with E-state index in [-0.39, 0.29) is 0 Å². The molecule has 23 heavy (non-hydrogen) atoms. The van der Waals surface area contributed by atoms with Crippen LogP contribution >= 0.6 is 11.3 Å². The van der Waals surface area contributed by atoms with Crippen molar-refractivity contribution in [3.05, 3.63) is 54.6 Å². The van der Waals surface area contributed by atoms with Crippen molar-refractivity contribution < 1.29 is 0 Å². The predicted octanol–water partition coefficient (Wildman–Crippen LogP) is 3.85. The minimum atomic E-state index is 0.466. The van der Waals surface area contributed by atoms with Crippen LogP contribution in [0.1, 0.15) is 0 Å². The highest BCUT2D eigenvalue weighted by Crippen LogP contribution is 2.31. The molecule has 0 saturated heterocycles. The van der Waals surface area contributed by atoms with Gasteiger partial charge >= 0.3 is 0 Å². The number of aromatic nitrogens is 5. The van der Waals surface area contributed by atoms with E-state index < -0.39 is 0 Å². The van der Waals surface area contributed by atoms with Crippen LogP contribution in [0.5, 0.6) is 0 Å². The fraction of sp³-hybridized carbons (Fsp3) is 0. The molecule has 0 fully saturated rings. The van der Waals surface area contributed by atoms with Gasteiger partial charge in [-0.25, -0.2) is 15.0 Å². The molecule has 3 aromatic heterocycles. The number of para-hydroxylation sites is 2. The standard InChI is InChI=1S/C17H9N5S/c1-4-8-13-10(5-1)9-14(23-13)15-20-16-17(22-21-15)19-12-7-3-2-6-11(12)18-16/h1-9H. The van der Waals surface area contributed by atoms with Crippen molar-refractivity contribution >= 4 is 43.8 Å². The van der Waals surface area contributed by atoms with E-state index in [4.69, 9.17) is 0 Å². The van der Waals surface area contributed by atoms with E-state index in [1.165, 1.54) is 10.1 Å². The van der Waals surface area contributed by atoms with Crippen LogP contribution in [0.25, 0.3) is 43.1 Å². The first kappa shape index (κ1) is 12.5. The first-order valence-corrected chi connectivity index (χ1v) is 7.95. The maximum absolute atomic E-state index is 4.55. The Kier molecular flexibility index (Phi) is 2.59. The number of hydrogen-bond donors (Lipinski definition) is 0. The van der Waals surface area contributed by atoms with Gasteiger partial charge in [0.1, 0.15) is 0 Å². The average Bonchev–Trinajstić information content (AvgIpc) is 3.03. The molecule has 0 aliphatic carbocycles. The second kappa shape index (κ2) is 4.76. The van der Waals surface area contributed by atoms with Gasteiger partial charge in [-0.3, -0.25) is 0 Å². The summed E-state index contributed by atoms with van der Waals surface area (Å²) in [5.74, 6) is 0.586. The molecule has 0 saturated carbocycles. The normalized spacial score (nSPS) is 11.5. The summed E-state index contributed by atoms with van der Waals surface area (Å²) in [6.45, 7) is 0. The smallest absolute Gasteiger partial charge is 0.220 e. The number of rotatable bonds is 1. The van der Waals surface area contributed by atoms with E-state index in [1.807, 2.05) is 36.4 Å². The zero-order valence-corrected chi connectivity index (χ0v) is 12.7. The molecule has 5 nitrogen and oxygen atoms in total. The molecule has 0 spiro atoms. The lowest BCUT2D eigenvalue weighted by atomic mass is 10.2. The van der Waals surface area contributed by atoms with Crippen LogP contribution in [0.4, 0.5) is 0 Å². The van der Waals surface area contributed by atoms with Crippen LogP contribution in [0.2, 0.25) is 0 Å². The highest BCUT2D eigenvalue weighted by molar-refractivity contribution is 7.22. The SMILES string of the molecule is c1ccc2sc(-c3nnc4nc5ccccc5nc4n3)cc2c1. The summed E-state index contributed by atoms with van der Waals surface area (Å²) in [6.07, 6.45) is 0. The Balaban J connectivity index is 1.73. The molecule has 0 N–H and O–H groups in total. The van der Waals surface area contributed by atoms with Gasteiger partial charge in [0.05, 0.1) is 15.9 Å². The average molecular weight is 315 g/mol. The Morgan fingerprint density at radius 1 is 0.696 bits per heavy atom. The zero-order chi connectivity index (χ0) is 15.2. The number of benzene rings is 2. The highest BCUT2D eigenvalue weighted by Gasteiger charge is 2.11. The van der Waals surface area contributed by atoms with E-state index in [1.54, 1.807) is 11.3 Å². The lowest BCUT2D eigenvalue weighted by molar-refractivity contribution is 1.01. The van der Waals surface area contributed by atoms with Gasteiger partial charge in [-0.1, -0.05) is 30.3 Å². The van der Waals surface area contributed by atoms with Crippen LogP contribution < -0.4 is 0 Å². The molecule has 5 aromatic rings. The van der Waals surface area contributed by atoms with Crippen LogP contribution in [0, 0.1) is 0 Å². The maximum atomic E-state index is 4.55. The van der Waals surface area contributed by atoms with Crippen molar-refractivity contribution in [2.75, 3.05) is 0 Å². The molecule has 0 aliphatic heterocycles. The molecule has 3 heterocycles. The third-order valence-electron chi connectivity index (χ3n) is 3.63. The van der Waals surface area contributed by atoms with Crippen molar-refractivity contribution in [3.63, 3.8) is 0 Å². The molecule has 0 bridgehead atoms. The summed E-state index contributed by atoms with van der Waals surface area (Å²) in [7, 11) is 0. The second-order valence-corrected chi connectivity index (χ2v) is 6.23. The van der Waals surface area contributed by atoms with Gasteiger partial charge in [-0.15, -0.1) is 21.5 Å². The highest BCUT2D eigenvalue weighted by atomic mass is 32.1. The van der Waals surface area contributed by atoms with Crippen molar-refractivity contribution in [3.8, 4) is 10.7 Å². The molecule has 0 aliphatic rings. The fourth-order valence-electron chi connectivity index (χ4n) is 2.54. The van der Waals surface area contributed by atoms with Crippen LogP contribution in [0.3, 0.4) is 0 Å². The van der Waals surface area contributed by atoms with Gasteiger partial charge in [-0.05, 0) is 29.7 Å². The number of nitrogens with zero attached hydrogens (tertiary/aromatic N) is 5. The Hall–Kier alpha value is -2.99. The van der Waals surface area contributed by atoms with E-state index in [2.05, 4.69) is 43.3 Å². The molecule has 0 unspecified atom stereocenters. The summed E-state index contributed by atoms with van der Waals surface area (Å²) in [5.41, 5.74) is 2.59. The summed E-state index contributed by atoms with van der Waals surface area (Å²) in [4.78, 5) is 14.5. The Bertz CT molecular complexity index is 1150. The van der Waals surface area contributed by atoms with Gasteiger partial charge in [0, 0.05) is 4.70 Å². The van der Waals surface area contributed by atoms with Gasteiger partial charge in [0.2, 0.25) is 11.3 Å². The van der Waals surface area contributed by atoms with Gasteiger partial charge < -0.3 is 0 Å². The van der Waals surface area contributed by atoms with Crippen molar-refractivity contribution in [1.82, 2.24) is 25.1 Å². The number of thiophene rings is 1. The van der Waals surface area contributed by atoms with Crippen LogP contribution in [0.15, 0.2) is 54.6 Å². The first-order valence-electron chi connectivity index (χ1n) is 7.13. The molecule has 6 heteroatoms. The first-order chi connectivity index (χ1) is 11.4. The summed E-state index contributed by atoms with van der Waals surface area (Å²) < 4.78 is 1.20. The molecule has 5 rings (SSSR count). The largest absolute Gasteiger partial charge is 0.223 e. The fourth-order valence-corrected chi connectivity index (χ4v) is 3.53. The van der Waals surface area contributed by atoms with Crippen LogP contribution in [-0.4, -0.2) is 25.1 Å². The molecule has 0 atom stereocenters. The molecule has 0 amide bonds. The van der Waals surface area contributed by atoms with Gasteiger partial charge in [0.15, 0.2) is 5.82 Å². The summed E-state index contributed by atoms with van der Waals surface area (Å²) in [5, 5.41) is 9.61. The van der Waals surface area contributed by atoms with Crippen LogP contribution in [-0.2, 0) is 0 Å². The Labute approximate surface area is 134 Å². The van der Waals surface area contributed by atoms with Gasteiger partial charge in [0.25, 0.3) is 0 Å². The van der Waals surface area contributed by atoms with Crippen molar-refractivity contribution in [2.24, 2.45) is 0 Å². The third kappa shape index (κ3) is 2.03. The summed E-state index contributed by atoms with van der Waals surface area (Å²) in [6, 6.07) is 18.0. The lowest BCUT2D eigenvalue weighted by Crippen LogP contribution is -1.97. The monoisotopic (exact) mass is 315 g/mol. The molecular formula is C17H9N5S. The topological polar surface area (TPSA) is 64.5 Å². The minimum absolute atomic E-state index is 0.466. The Morgan fingerprint density at radius 3 is 2.26 bits per heavy atom. The molecular weight excluding hydrogens is 306 g/mol. The van der Waals surface area contributed by atoms with E-state index in [0.29, 0.717) is 17.1 Å². The number of fused-ring (bicyclic) bond motifs is 3. The zero-order valence-electron chi connectivity index (χ0n) is 11.8. The van der Waals surface area contributed by atoms with E-state index in [9.17, 15) is 0 Å². The maximum Gasteiger partial charge on any atom is 0.220 e. The predicted molar refractivity (Wildman–Crippen MR) is 91.2 cm³/mol. The summed E-state index contributed by atoms with van der Waals surface area (Å²) >= 11 is 1.65.